The lowest BCUT2D eigenvalue weighted by molar-refractivity contribution is -0.151. The van der Waals surface area contributed by atoms with Crippen molar-refractivity contribution in [3.8, 4) is 11.4 Å². The Balaban J connectivity index is 1.60. The van der Waals surface area contributed by atoms with Gasteiger partial charge in [-0.05, 0) is 31.0 Å². The minimum Gasteiger partial charge on any atom is -0.374 e. The van der Waals surface area contributed by atoms with Gasteiger partial charge in [-0.3, -0.25) is 20.2 Å². The van der Waals surface area contributed by atoms with Gasteiger partial charge in [0.2, 0.25) is 11.8 Å². The summed E-state index contributed by atoms with van der Waals surface area (Å²) in [6, 6.07) is 2.00. The first-order valence-electron chi connectivity index (χ1n) is 10.3. The number of hydrogen-bond acceptors (Lipinski definition) is 9. The molecule has 0 aliphatic carbocycles. The number of barbiturate groups is 1. The molecule has 0 bridgehead atoms. The molecule has 2 fully saturated rings. The molecular weight excluding hydrogens is 452 g/mol. The first-order chi connectivity index (χ1) is 15.9. The highest BCUT2D eigenvalue weighted by Gasteiger charge is 2.62. The molecule has 3 aliphatic rings. The van der Waals surface area contributed by atoms with E-state index >= 15 is 0 Å². The molecule has 0 saturated carbocycles. The second-order valence-electron chi connectivity index (χ2n) is 8.30. The fourth-order valence-corrected chi connectivity index (χ4v) is 5.64. The maximum absolute atomic E-state index is 13.2. The number of ether oxygens (including phenoxy) is 1. The summed E-state index contributed by atoms with van der Waals surface area (Å²) < 4.78 is 11.4. The number of urea groups is 1. The fourth-order valence-electron chi connectivity index (χ4n) is 5.28. The van der Waals surface area contributed by atoms with Gasteiger partial charge in [-0.25, -0.2) is 14.8 Å². The molecule has 4 amide bonds. The van der Waals surface area contributed by atoms with Crippen LogP contribution >= 0.6 is 11.6 Å². The first-order valence-corrected chi connectivity index (χ1v) is 10.7. The zero-order chi connectivity index (χ0) is 22.9. The van der Waals surface area contributed by atoms with Gasteiger partial charge in [-0.2, -0.15) is 0 Å². The lowest BCUT2D eigenvalue weighted by atomic mass is 9.66. The third kappa shape index (κ3) is 2.66. The van der Waals surface area contributed by atoms with Crippen molar-refractivity contribution in [2.24, 2.45) is 5.41 Å². The third-order valence-electron chi connectivity index (χ3n) is 6.60. The van der Waals surface area contributed by atoms with Gasteiger partial charge in [0.05, 0.1) is 35.5 Å². The van der Waals surface area contributed by atoms with Crippen LogP contribution in [0.1, 0.15) is 12.5 Å². The largest absolute Gasteiger partial charge is 0.374 e. The predicted octanol–water partition coefficient (Wildman–Crippen LogP) is 1.44. The molecule has 1 aromatic carbocycles. The van der Waals surface area contributed by atoms with Crippen molar-refractivity contribution < 1.29 is 23.6 Å². The Labute approximate surface area is 191 Å². The van der Waals surface area contributed by atoms with E-state index in [0.717, 1.165) is 0 Å². The van der Waals surface area contributed by atoms with E-state index in [4.69, 9.17) is 20.9 Å². The molecule has 0 radical (unpaired) electrons. The number of benzene rings is 1. The van der Waals surface area contributed by atoms with Gasteiger partial charge in [0, 0.05) is 12.7 Å². The van der Waals surface area contributed by atoms with E-state index in [1.54, 1.807) is 19.2 Å². The van der Waals surface area contributed by atoms with Crippen molar-refractivity contribution in [3.63, 3.8) is 0 Å². The van der Waals surface area contributed by atoms with Crippen molar-refractivity contribution in [2.45, 2.75) is 25.5 Å². The van der Waals surface area contributed by atoms with E-state index in [1.165, 1.54) is 6.33 Å². The Morgan fingerprint density at radius 1 is 1.24 bits per heavy atom. The summed E-state index contributed by atoms with van der Waals surface area (Å²) in [7, 11) is 0. The van der Waals surface area contributed by atoms with Crippen molar-refractivity contribution in [2.75, 3.05) is 18.1 Å². The summed E-state index contributed by atoms with van der Waals surface area (Å²) in [5.41, 5.74) is 1.14. The first kappa shape index (κ1) is 20.1. The quantitative estimate of drug-likeness (QED) is 0.507. The average Bonchev–Trinajstić information content (AvgIpc) is 3.22. The topological polar surface area (TPSA) is 140 Å². The third-order valence-corrected chi connectivity index (χ3v) is 6.95. The van der Waals surface area contributed by atoms with E-state index in [9.17, 15) is 14.4 Å². The van der Waals surface area contributed by atoms with Crippen LogP contribution in [0.4, 0.5) is 10.5 Å². The number of fused-ring (bicyclic) bond motifs is 5. The maximum Gasteiger partial charge on any atom is 0.328 e. The molecule has 33 heavy (non-hydrogen) atoms. The SMILES string of the molecule is C[C@@H]1OCCN2c3c(cc4c(-c5ccncn5)noc4c3Cl)CC3(C(=O)NC(=O)NC3=O)[C@@H]12. The van der Waals surface area contributed by atoms with Gasteiger partial charge in [0.1, 0.15) is 17.0 Å². The molecule has 3 aromatic rings. The van der Waals surface area contributed by atoms with E-state index in [1.807, 2.05) is 11.0 Å². The van der Waals surface area contributed by atoms with Crippen LogP contribution in [-0.2, 0) is 20.7 Å². The molecular formula is C21H17ClN6O5. The highest BCUT2D eigenvalue weighted by molar-refractivity contribution is 6.38. The van der Waals surface area contributed by atoms with Gasteiger partial charge < -0.3 is 14.2 Å². The number of amides is 4. The highest BCUT2D eigenvalue weighted by atomic mass is 35.5. The summed E-state index contributed by atoms with van der Waals surface area (Å²) in [5, 5.41) is 9.62. The van der Waals surface area contributed by atoms with Crippen molar-refractivity contribution in [3.05, 3.63) is 35.2 Å². The van der Waals surface area contributed by atoms with Crippen molar-refractivity contribution in [1.82, 2.24) is 25.8 Å². The zero-order valence-corrected chi connectivity index (χ0v) is 18.0. The van der Waals surface area contributed by atoms with Crippen LogP contribution in [0.3, 0.4) is 0 Å². The molecule has 3 aliphatic heterocycles. The second-order valence-corrected chi connectivity index (χ2v) is 8.68. The number of anilines is 1. The zero-order valence-electron chi connectivity index (χ0n) is 17.3. The summed E-state index contributed by atoms with van der Waals surface area (Å²) in [4.78, 5) is 48.4. The highest BCUT2D eigenvalue weighted by Crippen LogP contribution is 2.51. The number of carbonyl (C=O) groups is 3. The van der Waals surface area contributed by atoms with Gasteiger partial charge in [-0.1, -0.05) is 16.8 Å². The summed E-state index contributed by atoms with van der Waals surface area (Å²) in [5.74, 6) is -1.32. The number of rotatable bonds is 1. The minimum absolute atomic E-state index is 0.0200. The molecule has 1 spiro atoms. The second kappa shape index (κ2) is 6.96. The number of hydrogen-bond donors (Lipinski definition) is 2. The Hall–Kier alpha value is -3.57. The average molecular weight is 469 g/mol. The number of carbonyl (C=O) groups excluding carboxylic acids is 3. The van der Waals surface area contributed by atoms with E-state index < -0.39 is 35.4 Å². The van der Waals surface area contributed by atoms with Gasteiger partial charge in [0.15, 0.2) is 11.0 Å². The van der Waals surface area contributed by atoms with Gasteiger partial charge in [-0.15, -0.1) is 0 Å². The minimum atomic E-state index is -1.58. The van der Waals surface area contributed by atoms with Crippen LogP contribution < -0.4 is 15.5 Å². The molecule has 2 atom stereocenters. The Bertz CT molecular complexity index is 1320. The predicted molar refractivity (Wildman–Crippen MR) is 114 cm³/mol. The van der Waals surface area contributed by atoms with Crippen LogP contribution in [0, 0.1) is 5.41 Å². The lowest BCUT2D eigenvalue weighted by Gasteiger charge is -2.54. The van der Waals surface area contributed by atoms with Crippen LogP contribution in [-0.4, -0.2) is 58.3 Å². The molecule has 2 saturated heterocycles. The number of morpholine rings is 1. The van der Waals surface area contributed by atoms with Crippen LogP contribution in [0.15, 0.2) is 29.2 Å². The standard InChI is InChI=1S/C21H17ClN6O5/c1-9-17-21(18(29)25-20(31)26-19(21)30)7-10-6-11-14(12-2-3-23-8-24-12)27-33-16(11)13(22)15(10)28(17)4-5-32-9/h2-3,6,8-9,17H,4-5,7H2,1H3,(H2,25,26,29,30,31)/t9-,17+/m0/s1. The van der Waals surface area contributed by atoms with Crippen LogP contribution in [0.25, 0.3) is 22.4 Å². The molecule has 6 rings (SSSR count). The number of aromatic nitrogens is 3. The van der Waals surface area contributed by atoms with E-state index in [2.05, 4.69) is 25.8 Å². The Morgan fingerprint density at radius 2 is 2.03 bits per heavy atom. The Kier molecular flexibility index (Phi) is 4.23. The molecule has 5 heterocycles. The number of nitrogens with zero attached hydrogens (tertiary/aromatic N) is 4. The lowest BCUT2D eigenvalue weighted by Crippen LogP contribution is -2.74. The molecule has 168 valence electrons. The van der Waals surface area contributed by atoms with Gasteiger partial charge in [0.25, 0.3) is 0 Å². The van der Waals surface area contributed by atoms with E-state index in [0.29, 0.717) is 51.8 Å². The monoisotopic (exact) mass is 468 g/mol. The molecule has 2 aromatic heterocycles. The number of nitrogens with one attached hydrogen (secondary N) is 2. The van der Waals surface area contributed by atoms with Gasteiger partial charge >= 0.3 is 6.03 Å². The van der Waals surface area contributed by atoms with E-state index in [-0.39, 0.29) is 6.42 Å². The number of imide groups is 2. The summed E-state index contributed by atoms with van der Waals surface area (Å²) >= 11 is 6.85. The number of halogens is 1. The molecule has 12 heteroatoms. The normalized spacial score (nSPS) is 23.8. The summed E-state index contributed by atoms with van der Waals surface area (Å²) in [6.45, 7) is 2.58. The Morgan fingerprint density at radius 3 is 2.76 bits per heavy atom. The van der Waals surface area contributed by atoms with Crippen molar-refractivity contribution >= 4 is 46.1 Å². The van der Waals surface area contributed by atoms with Crippen molar-refractivity contribution in [1.29, 1.82) is 0 Å². The smallest absolute Gasteiger partial charge is 0.328 e. The van der Waals surface area contributed by atoms with Crippen LogP contribution in [0.2, 0.25) is 5.02 Å². The molecule has 2 N–H and O–H groups in total. The molecule has 11 nitrogen and oxygen atoms in total. The van der Waals surface area contributed by atoms with Crippen LogP contribution in [0.5, 0.6) is 0 Å². The summed E-state index contributed by atoms with van der Waals surface area (Å²) in [6.07, 6.45) is 2.53. The maximum atomic E-state index is 13.2. The fraction of sp³-hybridized carbons (Fsp3) is 0.333. The molecule has 0 unspecified atom stereocenters.